The van der Waals surface area contributed by atoms with Crippen molar-refractivity contribution in [1.82, 2.24) is 10.6 Å². The lowest BCUT2D eigenvalue weighted by Gasteiger charge is -2.12. The van der Waals surface area contributed by atoms with Gasteiger partial charge in [0.1, 0.15) is 5.75 Å². The van der Waals surface area contributed by atoms with E-state index in [-0.39, 0.29) is 6.03 Å². The Morgan fingerprint density at radius 3 is 2.30 bits per heavy atom. The highest BCUT2D eigenvalue weighted by atomic mass is 16.5. The van der Waals surface area contributed by atoms with Gasteiger partial charge in [0.15, 0.2) is 0 Å². The first-order valence-corrected chi connectivity index (χ1v) is 7.36. The van der Waals surface area contributed by atoms with Gasteiger partial charge in [-0.1, -0.05) is 31.5 Å². The van der Waals surface area contributed by atoms with E-state index >= 15 is 0 Å². The summed E-state index contributed by atoms with van der Waals surface area (Å²) in [5.41, 5.74) is 2.30. The average molecular weight is 278 g/mol. The minimum atomic E-state index is -0.0921. The molecule has 1 aromatic rings. The molecule has 4 heteroatoms. The number of benzene rings is 1. The van der Waals surface area contributed by atoms with E-state index in [4.69, 9.17) is 4.74 Å². The Bertz CT molecular complexity index is 399. The molecule has 1 aromatic carbocycles. The van der Waals surface area contributed by atoms with E-state index in [0.717, 1.165) is 42.7 Å². The number of hydrogen-bond acceptors (Lipinski definition) is 2. The van der Waals surface area contributed by atoms with Crippen molar-refractivity contribution < 1.29 is 9.53 Å². The van der Waals surface area contributed by atoms with Crippen LogP contribution in [0.25, 0.3) is 0 Å². The first-order chi connectivity index (χ1) is 9.65. The maximum Gasteiger partial charge on any atom is 0.314 e. The summed E-state index contributed by atoms with van der Waals surface area (Å²) in [6.07, 6.45) is 2.90. The molecule has 0 saturated heterocycles. The van der Waals surface area contributed by atoms with Gasteiger partial charge in [-0.05, 0) is 37.8 Å². The molecule has 1 rings (SSSR count). The minimum Gasteiger partial charge on any atom is -0.493 e. The van der Waals surface area contributed by atoms with Gasteiger partial charge in [-0.15, -0.1) is 0 Å². The van der Waals surface area contributed by atoms with Crippen LogP contribution in [0, 0.1) is 13.8 Å². The fourth-order valence-corrected chi connectivity index (χ4v) is 1.92. The van der Waals surface area contributed by atoms with Gasteiger partial charge in [-0.3, -0.25) is 0 Å². The van der Waals surface area contributed by atoms with E-state index in [2.05, 4.69) is 17.6 Å². The Morgan fingerprint density at radius 2 is 1.70 bits per heavy atom. The van der Waals surface area contributed by atoms with Crippen molar-refractivity contribution in [2.45, 2.75) is 40.0 Å². The SMILES string of the molecule is CCCCNC(=O)NCCCOc1c(C)cccc1C. The summed E-state index contributed by atoms with van der Waals surface area (Å²) in [6, 6.07) is 6.02. The van der Waals surface area contributed by atoms with Crippen LogP contribution >= 0.6 is 0 Å². The zero-order valence-corrected chi connectivity index (χ0v) is 12.8. The smallest absolute Gasteiger partial charge is 0.314 e. The zero-order chi connectivity index (χ0) is 14.8. The van der Waals surface area contributed by atoms with E-state index in [1.54, 1.807) is 0 Å². The topological polar surface area (TPSA) is 50.4 Å². The Labute approximate surface area is 121 Å². The lowest BCUT2D eigenvalue weighted by Crippen LogP contribution is -2.36. The third-order valence-corrected chi connectivity index (χ3v) is 3.08. The van der Waals surface area contributed by atoms with Gasteiger partial charge in [0.2, 0.25) is 0 Å². The fraction of sp³-hybridized carbons (Fsp3) is 0.562. The Morgan fingerprint density at radius 1 is 1.10 bits per heavy atom. The van der Waals surface area contributed by atoms with E-state index in [1.165, 1.54) is 0 Å². The molecule has 2 N–H and O–H groups in total. The van der Waals surface area contributed by atoms with Crippen LogP contribution in [0.2, 0.25) is 0 Å². The number of amides is 2. The van der Waals surface area contributed by atoms with Gasteiger partial charge in [0.25, 0.3) is 0 Å². The number of unbranched alkanes of at least 4 members (excludes halogenated alkanes) is 1. The standard InChI is InChI=1S/C16H26N2O2/c1-4-5-10-17-16(19)18-11-7-12-20-15-13(2)8-6-9-14(15)3/h6,8-9H,4-5,7,10-12H2,1-3H3,(H2,17,18,19). The van der Waals surface area contributed by atoms with Crippen LogP contribution in [0.5, 0.6) is 5.75 Å². The summed E-state index contributed by atoms with van der Waals surface area (Å²) in [5, 5.41) is 5.65. The second-order valence-electron chi connectivity index (χ2n) is 4.96. The molecule has 20 heavy (non-hydrogen) atoms. The van der Waals surface area contributed by atoms with Crippen molar-refractivity contribution in [1.29, 1.82) is 0 Å². The number of para-hydroxylation sites is 1. The average Bonchev–Trinajstić information content (AvgIpc) is 2.41. The molecule has 112 valence electrons. The number of carbonyl (C=O) groups excluding carboxylic acids is 1. The van der Waals surface area contributed by atoms with Crippen molar-refractivity contribution >= 4 is 6.03 Å². The summed E-state index contributed by atoms with van der Waals surface area (Å²) < 4.78 is 5.78. The largest absolute Gasteiger partial charge is 0.493 e. The highest BCUT2D eigenvalue weighted by molar-refractivity contribution is 5.73. The minimum absolute atomic E-state index is 0.0921. The van der Waals surface area contributed by atoms with Crippen LogP contribution in [0.15, 0.2) is 18.2 Å². The van der Waals surface area contributed by atoms with E-state index in [1.807, 2.05) is 32.0 Å². The first kappa shape index (κ1) is 16.3. The van der Waals surface area contributed by atoms with E-state index in [9.17, 15) is 4.79 Å². The molecule has 0 aliphatic rings. The van der Waals surface area contributed by atoms with Crippen molar-refractivity contribution in [3.8, 4) is 5.75 Å². The van der Waals surface area contributed by atoms with Crippen molar-refractivity contribution in [2.75, 3.05) is 19.7 Å². The summed E-state index contributed by atoms with van der Waals surface area (Å²) in [4.78, 5) is 11.4. The number of rotatable bonds is 8. The van der Waals surface area contributed by atoms with Crippen molar-refractivity contribution in [3.05, 3.63) is 29.3 Å². The Kier molecular flexibility index (Phi) is 7.55. The number of ether oxygens (including phenoxy) is 1. The van der Waals surface area contributed by atoms with Gasteiger partial charge in [-0.25, -0.2) is 4.79 Å². The molecule has 0 atom stereocenters. The maximum absolute atomic E-state index is 11.4. The molecular weight excluding hydrogens is 252 g/mol. The third-order valence-electron chi connectivity index (χ3n) is 3.08. The predicted octanol–water partition coefficient (Wildman–Crippen LogP) is 3.17. The van der Waals surface area contributed by atoms with Gasteiger partial charge < -0.3 is 15.4 Å². The molecule has 0 spiro atoms. The Balaban J connectivity index is 2.14. The molecule has 0 fully saturated rings. The molecule has 0 saturated carbocycles. The second-order valence-corrected chi connectivity index (χ2v) is 4.96. The monoisotopic (exact) mass is 278 g/mol. The number of carbonyl (C=O) groups is 1. The molecule has 0 aliphatic carbocycles. The van der Waals surface area contributed by atoms with Crippen LogP contribution in [-0.2, 0) is 0 Å². The first-order valence-electron chi connectivity index (χ1n) is 7.36. The number of hydrogen-bond donors (Lipinski definition) is 2. The van der Waals surface area contributed by atoms with Crippen LogP contribution in [0.1, 0.15) is 37.3 Å². The van der Waals surface area contributed by atoms with Crippen LogP contribution in [-0.4, -0.2) is 25.7 Å². The highest BCUT2D eigenvalue weighted by Crippen LogP contribution is 2.22. The van der Waals surface area contributed by atoms with E-state index < -0.39 is 0 Å². The molecule has 0 unspecified atom stereocenters. The zero-order valence-electron chi connectivity index (χ0n) is 12.8. The molecular formula is C16H26N2O2. The maximum atomic E-state index is 11.4. The molecule has 0 radical (unpaired) electrons. The third kappa shape index (κ3) is 5.95. The van der Waals surface area contributed by atoms with E-state index in [0.29, 0.717) is 13.2 Å². The summed E-state index contributed by atoms with van der Waals surface area (Å²) >= 11 is 0. The van der Waals surface area contributed by atoms with Crippen LogP contribution in [0.4, 0.5) is 4.79 Å². The molecule has 2 amide bonds. The number of aryl methyl sites for hydroxylation is 2. The molecule has 0 aromatic heterocycles. The number of nitrogens with one attached hydrogen (secondary N) is 2. The summed E-state index contributed by atoms with van der Waals surface area (Å²) in [6.45, 7) is 8.17. The molecule has 0 aliphatic heterocycles. The van der Waals surface area contributed by atoms with Crippen LogP contribution < -0.4 is 15.4 Å². The second kappa shape index (κ2) is 9.23. The highest BCUT2D eigenvalue weighted by Gasteiger charge is 2.03. The molecule has 0 heterocycles. The summed E-state index contributed by atoms with van der Waals surface area (Å²) in [5.74, 6) is 0.958. The van der Waals surface area contributed by atoms with Gasteiger partial charge in [0.05, 0.1) is 6.61 Å². The van der Waals surface area contributed by atoms with Gasteiger partial charge in [0, 0.05) is 13.1 Å². The normalized spacial score (nSPS) is 10.2. The number of urea groups is 1. The van der Waals surface area contributed by atoms with Crippen molar-refractivity contribution in [2.24, 2.45) is 0 Å². The molecule has 0 bridgehead atoms. The fourth-order valence-electron chi connectivity index (χ4n) is 1.92. The van der Waals surface area contributed by atoms with Gasteiger partial charge >= 0.3 is 6.03 Å². The lowest BCUT2D eigenvalue weighted by atomic mass is 10.1. The predicted molar refractivity (Wildman–Crippen MR) is 82.3 cm³/mol. The van der Waals surface area contributed by atoms with Gasteiger partial charge in [-0.2, -0.15) is 0 Å². The Hall–Kier alpha value is -1.71. The quantitative estimate of drug-likeness (QED) is 0.718. The molecule has 4 nitrogen and oxygen atoms in total. The van der Waals surface area contributed by atoms with Crippen LogP contribution in [0.3, 0.4) is 0 Å². The van der Waals surface area contributed by atoms with Crippen molar-refractivity contribution in [3.63, 3.8) is 0 Å². The summed E-state index contributed by atoms with van der Waals surface area (Å²) in [7, 11) is 0. The lowest BCUT2D eigenvalue weighted by molar-refractivity contribution is 0.239.